The molecular formula is C13H19N5S. The zero-order valence-corrected chi connectivity index (χ0v) is 12.3. The molecule has 2 aromatic heterocycles. The molecule has 2 aromatic rings. The van der Waals surface area contributed by atoms with Gasteiger partial charge in [-0.3, -0.25) is 0 Å². The number of hydrogen-bond acceptors (Lipinski definition) is 6. The highest BCUT2D eigenvalue weighted by molar-refractivity contribution is 7.10. The summed E-state index contributed by atoms with van der Waals surface area (Å²) < 4.78 is 0. The molecule has 19 heavy (non-hydrogen) atoms. The van der Waals surface area contributed by atoms with Gasteiger partial charge in [-0.05, 0) is 36.8 Å². The topological polar surface area (TPSA) is 76.7 Å². The van der Waals surface area contributed by atoms with Crippen molar-refractivity contribution in [3.05, 3.63) is 27.7 Å². The molecule has 0 aliphatic rings. The maximum absolute atomic E-state index is 5.65. The maximum atomic E-state index is 5.65. The Morgan fingerprint density at radius 1 is 1.32 bits per heavy atom. The van der Waals surface area contributed by atoms with Crippen LogP contribution in [0.2, 0.25) is 0 Å². The molecule has 0 radical (unpaired) electrons. The second-order valence-corrected chi connectivity index (χ2v) is 5.28. The van der Waals surface area contributed by atoms with Gasteiger partial charge in [0, 0.05) is 4.88 Å². The van der Waals surface area contributed by atoms with Crippen molar-refractivity contribution < 1.29 is 0 Å². The van der Waals surface area contributed by atoms with Gasteiger partial charge in [-0.15, -0.1) is 11.3 Å². The molecule has 3 N–H and O–H groups in total. The number of anilines is 2. The standard InChI is InChI=1S/C13H19N5S/c1-4-9-6-7-19-11(9)10(5-2)17-13-16-8(3)15-12(14)18-13/h6-7,10H,4-5H2,1-3H3,(H3,14,15,16,17,18). The average Bonchev–Trinajstić information content (AvgIpc) is 2.82. The molecule has 0 aliphatic carbocycles. The summed E-state index contributed by atoms with van der Waals surface area (Å²) in [5.74, 6) is 1.44. The normalized spacial score (nSPS) is 12.4. The largest absolute Gasteiger partial charge is 0.368 e. The predicted molar refractivity (Wildman–Crippen MR) is 79.3 cm³/mol. The fourth-order valence-electron chi connectivity index (χ4n) is 2.02. The molecule has 0 spiro atoms. The first kappa shape index (κ1) is 13.7. The second kappa shape index (κ2) is 5.97. The number of nitrogens with two attached hydrogens (primary N) is 1. The molecule has 6 heteroatoms. The highest BCUT2D eigenvalue weighted by Crippen LogP contribution is 2.29. The lowest BCUT2D eigenvalue weighted by Crippen LogP contribution is -2.14. The average molecular weight is 277 g/mol. The van der Waals surface area contributed by atoms with Crippen molar-refractivity contribution in [3.63, 3.8) is 0 Å². The van der Waals surface area contributed by atoms with E-state index in [1.54, 1.807) is 11.3 Å². The summed E-state index contributed by atoms with van der Waals surface area (Å²) in [4.78, 5) is 13.7. The van der Waals surface area contributed by atoms with Crippen molar-refractivity contribution in [1.29, 1.82) is 0 Å². The van der Waals surface area contributed by atoms with E-state index in [-0.39, 0.29) is 12.0 Å². The van der Waals surface area contributed by atoms with Crippen molar-refractivity contribution >= 4 is 23.2 Å². The van der Waals surface area contributed by atoms with Gasteiger partial charge in [0.2, 0.25) is 11.9 Å². The van der Waals surface area contributed by atoms with Gasteiger partial charge >= 0.3 is 0 Å². The van der Waals surface area contributed by atoms with Gasteiger partial charge < -0.3 is 11.1 Å². The molecule has 2 heterocycles. The molecule has 1 unspecified atom stereocenters. The van der Waals surface area contributed by atoms with Crippen molar-refractivity contribution in [2.75, 3.05) is 11.1 Å². The van der Waals surface area contributed by atoms with Gasteiger partial charge in [0.05, 0.1) is 6.04 Å². The highest BCUT2D eigenvalue weighted by atomic mass is 32.1. The first-order valence-electron chi connectivity index (χ1n) is 6.45. The lowest BCUT2D eigenvalue weighted by atomic mass is 10.1. The molecule has 5 nitrogen and oxygen atoms in total. The van der Waals surface area contributed by atoms with Crippen LogP contribution >= 0.6 is 11.3 Å². The molecule has 0 aliphatic heterocycles. The van der Waals surface area contributed by atoms with Crippen molar-refractivity contribution in [3.8, 4) is 0 Å². The van der Waals surface area contributed by atoms with Gasteiger partial charge in [-0.25, -0.2) is 0 Å². The number of aryl methyl sites for hydroxylation is 2. The summed E-state index contributed by atoms with van der Waals surface area (Å²) in [5.41, 5.74) is 7.03. The minimum Gasteiger partial charge on any atom is -0.368 e. The van der Waals surface area contributed by atoms with Crippen LogP contribution in [0, 0.1) is 6.92 Å². The summed E-state index contributed by atoms with van der Waals surface area (Å²) in [6, 6.07) is 2.40. The molecule has 1 atom stereocenters. The van der Waals surface area contributed by atoms with Crippen LogP contribution in [-0.2, 0) is 6.42 Å². The molecule has 0 saturated carbocycles. The molecule has 0 amide bonds. The summed E-state index contributed by atoms with van der Waals surface area (Å²) in [5, 5.41) is 5.49. The number of nitrogens with zero attached hydrogens (tertiary/aromatic N) is 3. The van der Waals surface area contributed by atoms with Crippen LogP contribution in [0.1, 0.15) is 42.6 Å². The fraction of sp³-hybridized carbons (Fsp3) is 0.462. The zero-order chi connectivity index (χ0) is 13.8. The third kappa shape index (κ3) is 3.20. The van der Waals surface area contributed by atoms with Crippen LogP contribution < -0.4 is 11.1 Å². The Hall–Kier alpha value is -1.69. The Balaban J connectivity index is 2.24. The van der Waals surface area contributed by atoms with E-state index in [9.17, 15) is 0 Å². The third-order valence-corrected chi connectivity index (χ3v) is 4.03. The van der Waals surface area contributed by atoms with Crippen LogP contribution in [0.5, 0.6) is 0 Å². The number of rotatable bonds is 5. The zero-order valence-electron chi connectivity index (χ0n) is 11.5. The fourth-order valence-corrected chi connectivity index (χ4v) is 3.15. The van der Waals surface area contributed by atoms with E-state index in [4.69, 9.17) is 5.73 Å². The highest BCUT2D eigenvalue weighted by Gasteiger charge is 2.16. The smallest absolute Gasteiger partial charge is 0.228 e. The van der Waals surface area contributed by atoms with Crippen molar-refractivity contribution in [1.82, 2.24) is 15.0 Å². The molecule has 0 aromatic carbocycles. The van der Waals surface area contributed by atoms with Crippen LogP contribution in [0.3, 0.4) is 0 Å². The van der Waals surface area contributed by atoms with E-state index in [0.29, 0.717) is 11.8 Å². The maximum Gasteiger partial charge on any atom is 0.228 e. The minimum atomic E-state index is 0.219. The molecule has 102 valence electrons. The number of hydrogen-bond donors (Lipinski definition) is 2. The summed E-state index contributed by atoms with van der Waals surface area (Å²) in [6.45, 7) is 6.13. The lowest BCUT2D eigenvalue weighted by Gasteiger charge is -2.17. The minimum absolute atomic E-state index is 0.219. The summed E-state index contributed by atoms with van der Waals surface area (Å²) >= 11 is 1.77. The van der Waals surface area contributed by atoms with Crippen LogP contribution in [-0.4, -0.2) is 15.0 Å². The van der Waals surface area contributed by atoms with Gasteiger partial charge in [0.25, 0.3) is 0 Å². The molecular weight excluding hydrogens is 258 g/mol. The SMILES string of the molecule is CCc1ccsc1C(CC)Nc1nc(C)nc(N)n1. The third-order valence-electron chi connectivity index (χ3n) is 2.95. The van der Waals surface area contributed by atoms with Crippen LogP contribution in [0.15, 0.2) is 11.4 Å². The lowest BCUT2D eigenvalue weighted by molar-refractivity contribution is 0.740. The number of nitrogens with one attached hydrogen (secondary N) is 1. The Morgan fingerprint density at radius 3 is 2.74 bits per heavy atom. The van der Waals surface area contributed by atoms with E-state index in [1.165, 1.54) is 10.4 Å². The summed E-state index contributed by atoms with van der Waals surface area (Å²) in [7, 11) is 0. The number of nitrogen functional groups attached to an aromatic ring is 1. The Labute approximate surface area is 117 Å². The van der Waals surface area contributed by atoms with E-state index in [0.717, 1.165) is 12.8 Å². The quantitative estimate of drug-likeness (QED) is 0.878. The van der Waals surface area contributed by atoms with Crippen molar-refractivity contribution in [2.24, 2.45) is 0 Å². The van der Waals surface area contributed by atoms with Crippen LogP contribution in [0.25, 0.3) is 0 Å². The monoisotopic (exact) mass is 277 g/mol. The van der Waals surface area contributed by atoms with E-state index >= 15 is 0 Å². The first-order chi connectivity index (χ1) is 9.13. The van der Waals surface area contributed by atoms with Gasteiger partial charge in [0.1, 0.15) is 5.82 Å². The number of thiophene rings is 1. The van der Waals surface area contributed by atoms with Gasteiger partial charge in [-0.1, -0.05) is 13.8 Å². The predicted octanol–water partition coefficient (Wildman–Crippen LogP) is 2.95. The number of aromatic nitrogens is 3. The molecule has 2 rings (SSSR count). The Bertz CT molecular complexity index is 531. The van der Waals surface area contributed by atoms with Gasteiger partial charge in [-0.2, -0.15) is 15.0 Å². The second-order valence-electron chi connectivity index (χ2n) is 4.33. The van der Waals surface area contributed by atoms with Crippen molar-refractivity contribution in [2.45, 2.75) is 39.7 Å². The first-order valence-corrected chi connectivity index (χ1v) is 7.33. The molecule has 0 fully saturated rings. The molecule has 0 bridgehead atoms. The van der Waals surface area contributed by atoms with E-state index < -0.39 is 0 Å². The van der Waals surface area contributed by atoms with Gasteiger partial charge in [0.15, 0.2) is 0 Å². The Kier molecular flexibility index (Phi) is 4.31. The van der Waals surface area contributed by atoms with E-state index in [1.807, 2.05) is 6.92 Å². The summed E-state index contributed by atoms with van der Waals surface area (Å²) in [6.07, 6.45) is 2.01. The van der Waals surface area contributed by atoms with Crippen LogP contribution in [0.4, 0.5) is 11.9 Å². The van der Waals surface area contributed by atoms with E-state index in [2.05, 4.69) is 45.6 Å². The Morgan fingerprint density at radius 2 is 2.11 bits per heavy atom. The molecule has 0 saturated heterocycles.